The topological polar surface area (TPSA) is 49.7 Å². The van der Waals surface area contributed by atoms with E-state index in [0.717, 1.165) is 17.1 Å². The van der Waals surface area contributed by atoms with E-state index in [1.165, 1.54) is 0 Å². The van der Waals surface area contributed by atoms with Crippen LogP contribution < -0.4 is 4.74 Å². The molecule has 0 aromatic heterocycles. The highest BCUT2D eigenvalue weighted by Crippen LogP contribution is 2.25. The van der Waals surface area contributed by atoms with Gasteiger partial charge in [0.1, 0.15) is 11.5 Å². The van der Waals surface area contributed by atoms with Gasteiger partial charge in [0, 0.05) is 0 Å². The second-order valence-corrected chi connectivity index (χ2v) is 4.96. The summed E-state index contributed by atoms with van der Waals surface area (Å²) < 4.78 is 5.73. The van der Waals surface area contributed by atoms with Crippen molar-refractivity contribution < 1.29 is 14.9 Å². The van der Waals surface area contributed by atoms with Gasteiger partial charge >= 0.3 is 0 Å². The van der Waals surface area contributed by atoms with Crippen molar-refractivity contribution in [2.24, 2.45) is 0 Å². The molecule has 2 N–H and O–H groups in total. The summed E-state index contributed by atoms with van der Waals surface area (Å²) in [4.78, 5) is 0. The second-order valence-electron chi connectivity index (χ2n) is 4.96. The van der Waals surface area contributed by atoms with Crippen molar-refractivity contribution >= 4 is 0 Å². The molecule has 0 bridgehead atoms. The lowest BCUT2D eigenvalue weighted by Crippen LogP contribution is -2.14. The van der Waals surface area contributed by atoms with Gasteiger partial charge in [0.15, 0.2) is 0 Å². The molecule has 2 atom stereocenters. The molecule has 106 valence electrons. The van der Waals surface area contributed by atoms with Crippen LogP contribution in [0.2, 0.25) is 0 Å². The maximum atomic E-state index is 9.46. The van der Waals surface area contributed by atoms with Crippen LogP contribution in [-0.2, 0) is 0 Å². The third-order valence-electron chi connectivity index (χ3n) is 3.26. The van der Waals surface area contributed by atoms with Gasteiger partial charge in [-0.25, -0.2) is 0 Å². The van der Waals surface area contributed by atoms with Gasteiger partial charge in [-0.15, -0.1) is 0 Å². The third kappa shape index (κ3) is 4.08. The maximum absolute atomic E-state index is 9.46. The highest BCUT2D eigenvalue weighted by atomic mass is 16.5. The fraction of sp³-hybridized carbons (Fsp3) is 0.294. The quantitative estimate of drug-likeness (QED) is 0.848. The average molecular weight is 272 g/mol. The minimum absolute atomic E-state index is 0.195. The Balaban J connectivity index is 1.99. The molecule has 0 saturated heterocycles. The summed E-state index contributed by atoms with van der Waals surface area (Å²) in [5.74, 6) is 1.79. The van der Waals surface area contributed by atoms with E-state index < -0.39 is 6.10 Å². The van der Waals surface area contributed by atoms with Crippen molar-refractivity contribution in [3.8, 4) is 11.5 Å². The Bertz CT molecular complexity index is 508. The van der Waals surface area contributed by atoms with Gasteiger partial charge < -0.3 is 14.9 Å². The predicted octanol–water partition coefficient (Wildman–Crippen LogP) is 3.33. The van der Waals surface area contributed by atoms with Crippen LogP contribution in [0.25, 0.3) is 0 Å². The molecule has 0 aliphatic heterocycles. The molecule has 0 radical (unpaired) electrons. The Labute approximate surface area is 119 Å². The highest BCUT2D eigenvalue weighted by molar-refractivity contribution is 5.33. The largest absolute Gasteiger partial charge is 0.457 e. The Kier molecular flexibility index (Phi) is 5.16. The lowest BCUT2D eigenvalue weighted by molar-refractivity contribution is 0.0835. The van der Waals surface area contributed by atoms with Gasteiger partial charge in [-0.2, -0.15) is 0 Å². The van der Waals surface area contributed by atoms with Crippen LogP contribution in [-0.4, -0.2) is 22.9 Å². The first-order valence-corrected chi connectivity index (χ1v) is 6.81. The van der Waals surface area contributed by atoms with Gasteiger partial charge in [-0.3, -0.25) is 0 Å². The van der Waals surface area contributed by atoms with Gasteiger partial charge in [0.05, 0.1) is 12.7 Å². The van der Waals surface area contributed by atoms with E-state index >= 15 is 0 Å². The molecular formula is C17H20O3. The molecule has 20 heavy (non-hydrogen) atoms. The zero-order chi connectivity index (χ0) is 14.4. The molecule has 3 heteroatoms. The van der Waals surface area contributed by atoms with Crippen LogP contribution in [0.1, 0.15) is 24.8 Å². The van der Waals surface area contributed by atoms with Crippen LogP contribution in [0.4, 0.5) is 0 Å². The Morgan fingerprint density at radius 2 is 1.55 bits per heavy atom. The molecule has 0 aliphatic rings. The molecule has 0 saturated carbocycles. The van der Waals surface area contributed by atoms with Crippen molar-refractivity contribution in [3.63, 3.8) is 0 Å². The van der Waals surface area contributed by atoms with E-state index in [0.29, 0.717) is 6.42 Å². The van der Waals surface area contributed by atoms with E-state index in [1.807, 2.05) is 61.5 Å². The molecular weight excluding hydrogens is 252 g/mol. The maximum Gasteiger partial charge on any atom is 0.127 e. The Morgan fingerprint density at radius 3 is 2.15 bits per heavy atom. The van der Waals surface area contributed by atoms with Crippen molar-refractivity contribution in [1.82, 2.24) is 0 Å². The lowest BCUT2D eigenvalue weighted by Gasteiger charge is -2.15. The fourth-order valence-electron chi connectivity index (χ4n) is 2.11. The predicted molar refractivity (Wildman–Crippen MR) is 79.1 cm³/mol. The van der Waals surface area contributed by atoms with Crippen LogP contribution in [0, 0.1) is 0 Å². The average Bonchev–Trinajstić information content (AvgIpc) is 2.49. The van der Waals surface area contributed by atoms with Crippen molar-refractivity contribution in [1.29, 1.82) is 0 Å². The van der Waals surface area contributed by atoms with Gasteiger partial charge in [-0.05, 0) is 42.2 Å². The number of aliphatic hydroxyl groups is 2. The number of para-hydroxylation sites is 1. The molecule has 0 amide bonds. The summed E-state index contributed by atoms with van der Waals surface area (Å²) in [6, 6.07) is 17.5. The number of rotatable bonds is 6. The smallest absolute Gasteiger partial charge is 0.127 e. The first-order chi connectivity index (χ1) is 9.69. The highest BCUT2D eigenvalue weighted by Gasteiger charge is 2.11. The summed E-state index contributed by atoms with van der Waals surface area (Å²) in [6.45, 7) is 1.84. The zero-order valence-corrected chi connectivity index (χ0v) is 11.6. The molecule has 0 spiro atoms. The molecule has 3 nitrogen and oxygen atoms in total. The van der Waals surface area contributed by atoms with Crippen molar-refractivity contribution in [2.45, 2.75) is 25.4 Å². The van der Waals surface area contributed by atoms with Crippen LogP contribution in [0.3, 0.4) is 0 Å². The number of hydrogen-bond donors (Lipinski definition) is 2. The summed E-state index contributed by atoms with van der Waals surface area (Å²) in [5, 5.41) is 18.3. The second kappa shape index (κ2) is 7.08. The molecule has 2 aromatic carbocycles. The number of ether oxygens (including phenoxy) is 1. The van der Waals surface area contributed by atoms with E-state index in [9.17, 15) is 5.11 Å². The minimum Gasteiger partial charge on any atom is -0.457 e. The first kappa shape index (κ1) is 14.6. The molecule has 0 heterocycles. The van der Waals surface area contributed by atoms with Crippen LogP contribution >= 0.6 is 0 Å². The van der Waals surface area contributed by atoms with Crippen LogP contribution in [0.5, 0.6) is 11.5 Å². The van der Waals surface area contributed by atoms with Crippen molar-refractivity contribution in [2.75, 3.05) is 6.61 Å². The van der Waals surface area contributed by atoms with E-state index in [1.54, 1.807) is 0 Å². The molecule has 2 rings (SSSR count). The number of benzene rings is 2. The van der Waals surface area contributed by atoms with E-state index in [-0.39, 0.29) is 12.5 Å². The van der Waals surface area contributed by atoms with Crippen LogP contribution in [0.15, 0.2) is 54.6 Å². The normalized spacial score (nSPS) is 13.8. The Morgan fingerprint density at radius 1 is 0.950 bits per heavy atom. The van der Waals surface area contributed by atoms with Crippen molar-refractivity contribution in [3.05, 3.63) is 60.2 Å². The summed E-state index contributed by atoms with van der Waals surface area (Å²) >= 11 is 0. The number of aliphatic hydroxyl groups excluding tert-OH is 2. The standard InChI is InChI=1S/C17H20O3/c1-13(11-15(19)12-18)14-7-9-17(10-8-14)20-16-5-3-2-4-6-16/h2-10,13,15,18-19H,11-12H2,1H3. The number of hydrogen-bond acceptors (Lipinski definition) is 3. The zero-order valence-electron chi connectivity index (χ0n) is 11.6. The van der Waals surface area contributed by atoms with Gasteiger partial charge in [0.25, 0.3) is 0 Å². The molecule has 0 aliphatic carbocycles. The summed E-state index contributed by atoms with van der Waals surface area (Å²) in [7, 11) is 0. The summed E-state index contributed by atoms with van der Waals surface area (Å²) in [5.41, 5.74) is 1.12. The molecule has 2 unspecified atom stereocenters. The Hall–Kier alpha value is -1.84. The lowest BCUT2D eigenvalue weighted by atomic mass is 9.95. The van der Waals surface area contributed by atoms with E-state index in [4.69, 9.17) is 9.84 Å². The molecule has 2 aromatic rings. The summed E-state index contributed by atoms with van der Waals surface area (Å²) in [6.07, 6.45) is -0.111. The third-order valence-corrected chi connectivity index (χ3v) is 3.26. The SMILES string of the molecule is CC(CC(O)CO)c1ccc(Oc2ccccc2)cc1. The minimum atomic E-state index is -0.662. The first-order valence-electron chi connectivity index (χ1n) is 6.81. The van der Waals surface area contributed by atoms with Gasteiger partial charge in [-0.1, -0.05) is 37.3 Å². The molecule has 0 fully saturated rings. The fourth-order valence-corrected chi connectivity index (χ4v) is 2.11. The van der Waals surface area contributed by atoms with E-state index in [2.05, 4.69) is 0 Å². The monoisotopic (exact) mass is 272 g/mol. The van der Waals surface area contributed by atoms with Gasteiger partial charge in [0.2, 0.25) is 0 Å².